The molecular weight excluding hydrogens is 424 g/mol. The van der Waals surface area contributed by atoms with Crippen LogP contribution in [0.3, 0.4) is 0 Å². The minimum absolute atomic E-state index is 0.0593. The monoisotopic (exact) mass is 446 g/mol. The minimum Gasteiger partial charge on any atom is -0.481 e. The van der Waals surface area contributed by atoms with Crippen LogP contribution >= 0.6 is 0 Å². The van der Waals surface area contributed by atoms with Crippen LogP contribution in [0.2, 0.25) is 0 Å². The zero-order valence-electron chi connectivity index (χ0n) is 17.9. The SMILES string of the molecule is CCOC(=O)Nc1nc2cc(C(=O)C3(Cc4ccccc4)C=CC=CC3C(=O)O)ccc2o1. The van der Waals surface area contributed by atoms with Crippen molar-refractivity contribution in [3.8, 4) is 0 Å². The maximum atomic E-state index is 13.9. The second kappa shape index (κ2) is 9.12. The van der Waals surface area contributed by atoms with E-state index in [1.807, 2.05) is 30.3 Å². The molecule has 0 saturated heterocycles. The van der Waals surface area contributed by atoms with Gasteiger partial charge >= 0.3 is 18.1 Å². The number of carboxylic acids is 1. The topological polar surface area (TPSA) is 119 Å². The highest BCUT2D eigenvalue weighted by Gasteiger charge is 2.47. The Morgan fingerprint density at radius 3 is 2.67 bits per heavy atom. The average Bonchev–Trinajstić information content (AvgIpc) is 3.20. The van der Waals surface area contributed by atoms with Crippen molar-refractivity contribution in [3.05, 3.63) is 84.0 Å². The van der Waals surface area contributed by atoms with Crippen LogP contribution in [0.1, 0.15) is 22.8 Å². The molecule has 1 aromatic heterocycles. The number of anilines is 1. The third-order valence-electron chi connectivity index (χ3n) is 5.53. The Balaban J connectivity index is 1.72. The number of Topliss-reactive ketones (excluding diaryl/α,β-unsaturated/α-hetero) is 1. The van der Waals surface area contributed by atoms with E-state index in [0.29, 0.717) is 16.7 Å². The van der Waals surface area contributed by atoms with Crippen LogP contribution in [0.5, 0.6) is 0 Å². The van der Waals surface area contributed by atoms with Gasteiger partial charge in [0.05, 0.1) is 17.9 Å². The Bertz CT molecular complexity index is 1260. The summed E-state index contributed by atoms with van der Waals surface area (Å²) in [7, 11) is 0. The van der Waals surface area contributed by atoms with E-state index in [1.165, 1.54) is 6.07 Å². The lowest BCUT2D eigenvalue weighted by Crippen LogP contribution is -2.43. The van der Waals surface area contributed by atoms with Crippen LogP contribution in [0.4, 0.5) is 10.8 Å². The molecule has 0 radical (unpaired) electrons. The molecule has 2 atom stereocenters. The number of rotatable bonds is 7. The van der Waals surface area contributed by atoms with Crippen molar-refractivity contribution in [3.63, 3.8) is 0 Å². The molecule has 2 N–H and O–H groups in total. The normalized spacial score (nSPS) is 19.4. The molecule has 1 amide bonds. The van der Waals surface area contributed by atoms with E-state index in [1.54, 1.807) is 43.4 Å². The summed E-state index contributed by atoms with van der Waals surface area (Å²) in [5, 5.41) is 12.3. The number of carbonyl (C=O) groups excluding carboxylic acids is 2. The summed E-state index contributed by atoms with van der Waals surface area (Å²) >= 11 is 0. The number of oxazole rings is 1. The quantitative estimate of drug-likeness (QED) is 0.508. The molecule has 0 spiro atoms. The predicted molar refractivity (Wildman–Crippen MR) is 121 cm³/mol. The molecule has 33 heavy (non-hydrogen) atoms. The first-order chi connectivity index (χ1) is 15.9. The zero-order chi connectivity index (χ0) is 23.4. The molecule has 4 rings (SSSR count). The predicted octanol–water partition coefficient (Wildman–Crippen LogP) is 4.63. The number of aliphatic carboxylic acids is 1. The minimum atomic E-state index is -1.31. The number of hydrogen-bond donors (Lipinski definition) is 2. The van der Waals surface area contributed by atoms with Crippen molar-refractivity contribution >= 4 is 35.0 Å². The fourth-order valence-electron chi connectivity index (χ4n) is 4.03. The van der Waals surface area contributed by atoms with Gasteiger partial charge in [-0.2, -0.15) is 4.98 Å². The molecule has 8 nitrogen and oxygen atoms in total. The van der Waals surface area contributed by atoms with Crippen LogP contribution in [-0.2, 0) is 16.0 Å². The van der Waals surface area contributed by atoms with E-state index in [4.69, 9.17) is 9.15 Å². The molecule has 0 saturated carbocycles. The molecule has 3 aromatic rings. The molecule has 168 valence electrons. The van der Waals surface area contributed by atoms with Gasteiger partial charge in [-0.15, -0.1) is 0 Å². The molecule has 2 aromatic carbocycles. The summed E-state index contributed by atoms with van der Waals surface area (Å²) < 4.78 is 10.3. The van der Waals surface area contributed by atoms with Crippen LogP contribution < -0.4 is 5.32 Å². The zero-order valence-corrected chi connectivity index (χ0v) is 17.9. The number of hydrogen-bond acceptors (Lipinski definition) is 6. The Kier molecular flexibility index (Phi) is 6.08. The standard InChI is InChI=1S/C25H22N2O6/c1-2-32-24(31)27-23-26-19-14-17(11-12-20(19)33-23)21(28)25(15-16-8-4-3-5-9-16)13-7-6-10-18(25)22(29)30/h3-14,18H,2,15H2,1H3,(H,29,30)(H,26,27,31). The molecule has 1 aliphatic carbocycles. The van der Waals surface area contributed by atoms with E-state index >= 15 is 0 Å². The molecule has 1 aliphatic rings. The summed E-state index contributed by atoms with van der Waals surface area (Å²) in [6.07, 6.45) is 6.07. The third-order valence-corrected chi connectivity index (χ3v) is 5.53. The number of carbonyl (C=O) groups is 3. The lowest BCUT2D eigenvalue weighted by molar-refractivity contribution is -0.142. The Morgan fingerprint density at radius 1 is 1.15 bits per heavy atom. The summed E-state index contributed by atoms with van der Waals surface area (Å²) in [6, 6.07) is 13.9. The van der Waals surface area contributed by atoms with Gasteiger partial charge in [0.15, 0.2) is 11.4 Å². The first-order valence-corrected chi connectivity index (χ1v) is 10.4. The van der Waals surface area contributed by atoms with Gasteiger partial charge in [0.1, 0.15) is 5.52 Å². The highest BCUT2D eigenvalue weighted by atomic mass is 16.5. The number of nitrogens with zero attached hydrogens (tertiary/aromatic N) is 1. The Labute approximate surface area is 189 Å². The molecule has 0 bridgehead atoms. The van der Waals surface area contributed by atoms with E-state index < -0.39 is 23.4 Å². The van der Waals surface area contributed by atoms with Gasteiger partial charge < -0.3 is 14.3 Å². The van der Waals surface area contributed by atoms with Gasteiger partial charge in [0, 0.05) is 5.56 Å². The first-order valence-electron chi connectivity index (χ1n) is 10.4. The lowest BCUT2D eigenvalue weighted by Gasteiger charge is -2.35. The molecule has 1 heterocycles. The second-order valence-corrected chi connectivity index (χ2v) is 7.64. The molecular formula is C25H22N2O6. The average molecular weight is 446 g/mol. The Hall–Kier alpha value is -4.20. The van der Waals surface area contributed by atoms with Crippen molar-refractivity contribution < 1.29 is 28.6 Å². The van der Waals surface area contributed by atoms with Crippen LogP contribution in [0, 0.1) is 11.3 Å². The van der Waals surface area contributed by atoms with E-state index in [0.717, 1.165) is 5.56 Å². The van der Waals surface area contributed by atoms with Crippen molar-refractivity contribution in [1.29, 1.82) is 0 Å². The number of benzene rings is 2. The maximum Gasteiger partial charge on any atom is 0.415 e. The van der Waals surface area contributed by atoms with E-state index in [9.17, 15) is 19.5 Å². The van der Waals surface area contributed by atoms with Crippen molar-refractivity contribution in [1.82, 2.24) is 4.98 Å². The largest absolute Gasteiger partial charge is 0.481 e. The first kappa shape index (κ1) is 22.0. The van der Waals surface area contributed by atoms with E-state index in [-0.39, 0.29) is 24.8 Å². The second-order valence-electron chi connectivity index (χ2n) is 7.64. The number of carboxylic acid groups (broad SMARTS) is 1. The fraction of sp³-hybridized carbons (Fsp3) is 0.200. The third kappa shape index (κ3) is 4.41. The number of fused-ring (bicyclic) bond motifs is 1. The number of ether oxygens (including phenoxy) is 1. The van der Waals surface area contributed by atoms with Crippen molar-refractivity contribution in [2.75, 3.05) is 11.9 Å². The van der Waals surface area contributed by atoms with Crippen molar-refractivity contribution in [2.45, 2.75) is 13.3 Å². The molecule has 0 fully saturated rings. The van der Waals surface area contributed by atoms with Crippen LogP contribution in [-0.4, -0.2) is 34.5 Å². The molecule has 8 heteroatoms. The summed E-state index contributed by atoms with van der Waals surface area (Å²) in [5.41, 5.74) is 0.542. The van der Waals surface area contributed by atoms with Gasteiger partial charge in [-0.3, -0.25) is 9.59 Å². The lowest BCUT2D eigenvalue weighted by atomic mass is 9.65. The number of aromatic nitrogens is 1. The van der Waals surface area contributed by atoms with Crippen molar-refractivity contribution in [2.24, 2.45) is 11.3 Å². The van der Waals surface area contributed by atoms with Gasteiger partial charge in [-0.05, 0) is 37.1 Å². The highest BCUT2D eigenvalue weighted by molar-refractivity contribution is 6.06. The molecule has 0 aliphatic heterocycles. The highest BCUT2D eigenvalue weighted by Crippen LogP contribution is 2.41. The smallest absolute Gasteiger partial charge is 0.415 e. The summed E-state index contributed by atoms with van der Waals surface area (Å²) in [4.78, 5) is 41.8. The fourth-order valence-corrected chi connectivity index (χ4v) is 4.03. The van der Waals surface area contributed by atoms with Gasteiger partial charge in [-0.1, -0.05) is 54.6 Å². The number of allylic oxidation sites excluding steroid dienone is 3. The Morgan fingerprint density at radius 2 is 1.94 bits per heavy atom. The van der Waals surface area contributed by atoms with Crippen LogP contribution in [0.15, 0.2) is 77.3 Å². The summed E-state index contributed by atoms with van der Waals surface area (Å²) in [6.45, 7) is 1.87. The maximum absolute atomic E-state index is 13.9. The van der Waals surface area contributed by atoms with Gasteiger partial charge in [0.25, 0.3) is 0 Å². The number of ketones is 1. The van der Waals surface area contributed by atoms with Gasteiger partial charge in [-0.25, -0.2) is 10.1 Å². The van der Waals surface area contributed by atoms with Gasteiger partial charge in [0.2, 0.25) is 0 Å². The van der Waals surface area contributed by atoms with Crippen LogP contribution in [0.25, 0.3) is 11.1 Å². The number of nitrogens with one attached hydrogen (secondary N) is 1. The van der Waals surface area contributed by atoms with E-state index in [2.05, 4.69) is 10.3 Å². The number of amides is 1. The summed E-state index contributed by atoms with van der Waals surface area (Å²) in [5.74, 6) is -2.46. The molecule has 2 unspecified atom stereocenters.